The first-order chi connectivity index (χ1) is 5.70. The van der Waals surface area contributed by atoms with Crippen LogP contribution in [0.25, 0.3) is 10.9 Å². The number of aromatic nitrogens is 2. The topological polar surface area (TPSA) is 17.8 Å². The van der Waals surface area contributed by atoms with Gasteiger partial charge in [-0.05, 0) is 12.1 Å². The minimum atomic E-state index is -0.328. The van der Waals surface area contributed by atoms with Crippen LogP contribution in [-0.2, 0) is 7.05 Å². The van der Waals surface area contributed by atoms with E-state index < -0.39 is 0 Å². The van der Waals surface area contributed by atoms with Gasteiger partial charge < -0.3 is 0 Å². The molecular formula is C8H6ClFN2. The van der Waals surface area contributed by atoms with Crippen molar-refractivity contribution in [3.8, 4) is 0 Å². The fourth-order valence-corrected chi connectivity index (χ4v) is 1.52. The van der Waals surface area contributed by atoms with Crippen LogP contribution in [0.15, 0.2) is 18.2 Å². The van der Waals surface area contributed by atoms with Gasteiger partial charge in [0.05, 0.1) is 10.9 Å². The van der Waals surface area contributed by atoms with Crippen molar-refractivity contribution in [2.24, 2.45) is 7.05 Å². The number of fused-ring (bicyclic) bond motifs is 1. The second kappa shape index (κ2) is 2.45. The smallest absolute Gasteiger partial charge is 0.161 e. The third-order valence-electron chi connectivity index (χ3n) is 1.78. The molecule has 0 radical (unpaired) electrons. The Morgan fingerprint density at radius 1 is 1.50 bits per heavy atom. The molecule has 0 amide bonds. The van der Waals surface area contributed by atoms with E-state index in [0.29, 0.717) is 10.9 Å². The Labute approximate surface area is 73.6 Å². The molecule has 1 aromatic heterocycles. The van der Waals surface area contributed by atoms with Crippen molar-refractivity contribution in [1.29, 1.82) is 0 Å². The van der Waals surface area contributed by atoms with Crippen LogP contribution in [0.3, 0.4) is 0 Å². The van der Waals surface area contributed by atoms with Crippen LogP contribution in [0.2, 0.25) is 5.15 Å². The lowest BCUT2D eigenvalue weighted by molar-refractivity contribution is 0.640. The lowest BCUT2D eigenvalue weighted by Gasteiger charge is -1.92. The Morgan fingerprint density at radius 3 is 2.92 bits per heavy atom. The van der Waals surface area contributed by atoms with E-state index in [0.717, 1.165) is 0 Å². The molecule has 1 aromatic carbocycles. The van der Waals surface area contributed by atoms with Gasteiger partial charge in [0.2, 0.25) is 0 Å². The lowest BCUT2D eigenvalue weighted by Crippen LogP contribution is -1.88. The zero-order valence-electron chi connectivity index (χ0n) is 6.38. The third kappa shape index (κ3) is 0.898. The van der Waals surface area contributed by atoms with Gasteiger partial charge in [0, 0.05) is 7.05 Å². The van der Waals surface area contributed by atoms with E-state index in [9.17, 15) is 4.39 Å². The summed E-state index contributed by atoms with van der Waals surface area (Å²) in [6.45, 7) is 0. The van der Waals surface area contributed by atoms with Crippen molar-refractivity contribution >= 4 is 22.5 Å². The molecule has 0 aliphatic rings. The van der Waals surface area contributed by atoms with Crippen molar-refractivity contribution < 1.29 is 4.39 Å². The molecule has 12 heavy (non-hydrogen) atoms. The van der Waals surface area contributed by atoms with Gasteiger partial charge in [-0.15, -0.1) is 0 Å². The molecule has 0 aliphatic carbocycles. The van der Waals surface area contributed by atoms with E-state index in [1.54, 1.807) is 23.9 Å². The second-order valence-electron chi connectivity index (χ2n) is 2.55. The first-order valence-corrected chi connectivity index (χ1v) is 3.84. The number of hydrogen-bond acceptors (Lipinski definition) is 1. The molecule has 62 valence electrons. The molecule has 2 nitrogen and oxygen atoms in total. The lowest BCUT2D eigenvalue weighted by atomic mass is 10.2. The summed E-state index contributed by atoms with van der Waals surface area (Å²) < 4.78 is 14.7. The number of nitrogens with zero attached hydrogens (tertiary/aromatic N) is 2. The van der Waals surface area contributed by atoms with Crippen LogP contribution >= 0.6 is 11.6 Å². The second-order valence-corrected chi connectivity index (χ2v) is 2.91. The standard InChI is InChI=1S/C8H6ClFN2/c1-12-6-4-2-3-5(10)7(6)8(9)11-12/h2-4H,1H3. The quantitative estimate of drug-likeness (QED) is 0.615. The maximum atomic E-state index is 13.1. The zero-order valence-corrected chi connectivity index (χ0v) is 7.14. The monoisotopic (exact) mass is 184 g/mol. The molecule has 0 spiro atoms. The highest BCUT2D eigenvalue weighted by molar-refractivity contribution is 6.34. The maximum absolute atomic E-state index is 13.1. The van der Waals surface area contributed by atoms with Gasteiger partial charge in [0.25, 0.3) is 0 Å². The third-order valence-corrected chi connectivity index (χ3v) is 2.05. The van der Waals surface area contributed by atoms with E-state index in [2.05, 4.69) is 5.10 Å². The molecule has 0 saturated carbocycles. The van der Waals surface area contributed by atoms with Gasteiger partial charge in [-0.2, -0.15) is 5.10 Å². The van der Waals surface area contributed by atoms with Gasteiger partial charge in [-0.1, -0.05) is 17.7 Å². The van der Waals surface area contributed by atoms with Crippen LogP contribution in [-0.4, -0.2) is 9.78 Å². The Bertz CT molecular complexity index is 436. The van der Waals surface area contributed by atoms with Gasteiger partial charge in [-0.3, -0.25) is 4.68 Å². The van der Waals surface area contributed by atoms with E-state index in [-0.39, 0.29) is 11.0 Å². The van der Waals surface area contributed by atoms with Crippen LogP contribution in [0.1, 0.15) is 0 Å². The minimum absolute atomic E-state index is 0.214. The van der Waals surface area contributed by atoms with E-state index in [1.165, 1.54) is 6.07 Å². The average molecular weight is 185 g/mol. The predicted octanol–water partition coefficient (Wildman–Crippen LogP) is 2.37. The van der Waals surface area contributed by atoms with Crippen LogP contribution in [0.4, 0.5) is 4.39 Å². The number of hydrogen-bond donors (Lipinski definition) is 0. The Balaban J connectivity index is 2.99. The summed E-state index contributed by atoms with van der Waals surface area (Å²) in [7, 11) is 1.73. The van der Waals surface area contributed by atoms with E-state index in [4.69, 9.17) is 11.6 Å². The molecule has 4 heteroatoms. The van der Waals surface area contributed by atoms with Gasteiger partial charge >= 0.3 is 0 Å². The summed E-state index contributed by atoms with van der Waals surface area (Å²) in [6, 6.07) is 4.78. The summed E-state index contributed by atoms with van der Waals surface area (Å²) in [4.78, 5) is 0. The maximum Gasteiger partial charge on any atom is 0.161 e. The fourth-order valence-electron chi connectivity index (χ4n) is 1.22. The van der Waals surface area contributed by atoms with E-state index in [1.807, 2.05) is 0 Å². The van der Waals surface area contributed by atoms with Gasteiger partial charge in [0.1, 0.15) is 5.82 Å². The number of rotatable bonds is 0. The normalized spacial score (nSPS) is 10.9. The predicted molar refractivity (Wildman–Crippen MR) is 45.7 cm³/mol. The molecule has 0 aliphatic heterocycles. The van der Waals surface area contributed by atoms with Crippen LogP contribution < -0.4 is 0 Å². The number of halogens is 2. The Hall–Kier alpha value is -1.09. The zero-order chi connectivity index (χ0) is 8.72. The average Bonchev–Trinajstić information content (AvgIpc) is 2.29. The molecule has 0 fully saturated rings. The molecule has 0 saturated heterocycles. The van der Waals surface area contributed by atoms with Crippen molar-refractivity contribution in [2.45, 2.75) is 0 Å². The highest BCUT2D eigenvalue weighted by Gasteiger charge is 2.09. The van der Waals surface area contributed by atoms with Crippen LogP contribution in [0.5, 0.6) is 0 Å². The summed E-state index contributed by atoms with van der Waals surface area (Å²) in [5.41, 5.74) is 0.708. The van der Waals surface area contributed by atoms with Crippen LogP contribution in [0, 0.1) is 5.82 Å². The van der Waals surface area contributed by atoms with Crippen molar-refractivity contribution in [3.63, 3.8) is 0 Å². The first kappa shape index (κ1) is 7.55. The largest absolute Gasteiger partial charge is 0.266 e. The first-order valence-electron chi connectivity index (χ1n) is 3.47. The molecule has 0 unspecified atom stereocenters. The molecule has 0 N–H and O–H groups in total. The minimum Gasteiger partial charge on any atom is -0.266 e. The summed E-state index contributed by atoms with van der Waals surface area (Å²) in [6.07, 6.45) is 0. The summed E-state index contributed by atoms with van der Waals surface area (Å²) >= 11 is 5.71. The number of aryl methyl sites for hydroxylation is 1. The van der Waals surface area contributed by atoms with E-state index >= 15 is 0 Å². The Kier molecular flexibility index (Phi) is 1.54. The molecule has 1 heterocycles. The Morgan fingerprint density at radius 2 is 2.25 bits per heavy atom. The molecule has 2 rings (SSSR count). The van der Waals surface area contributed by atoms with Gasteiger partial charge in [0.15, 0.2) is 5.15 Å². The number of benzene rings is 1. The molecule has 2 aromatic rings. The highest BCUT2D eigenvalue weighted by Crippen LogP contribution is 2.24. The van der Waals surface area contributed by atoms with Crippen molar-refractivity contribution in [1.82, 2.24) is 9.78 Å². The van der Waals surface area contributed by atoms with Gasteiger partial charge in [-0.25, -0.2) is 4.39 Å². The summed E-state index contributed by atoms with van der Waals surface area (Å²) in [5.74, 6) is -0.328. The molecule has 0 bridgehead atoms. The highest BCUT2D eigenvalue weighted by atomic mass is 35.5. The molecular weight excluding hydrogens is 179 g/mol. The molecule has 0 atom stereocenters. The summed E-state index contributed by atoms with van der Waals surface area (Å²) in [5, 5.41) is 4.50. The fraction of sp³-hybridized carbons (Fsp3) is 0.125. The van der Waals surface area contributed by atoms with Crippen molar-refractivity contribution in [2.75, 3.05) is 0 Å². The SMILES string of the molecule is Cn1nc(Cl)c2c(F)cccc21. The van der Waals surface area contributed by atoms with Crippen molar-refractivity contribution in [3.05, 3.63) is 29.2 Å².